The number of hydrogen-bond donors (Lipinski definition) is 1. The van der Waals surface area contributed by atoms with Crippen molar-refractivity contribution in [3.05, 3.63) is 52.6 Å². The number of phenols is 1. The van der Waals surface area contributed by atoms with E-state index in [0.29, 0.717) is 5.75 Å². The molecule has 0 saturated heterocycles. The number of aryl methyl sites for hydroxylation is 4. The molecule has 0 aliphatic carbocycles. The van der Waals surface area contributed by atoms with Crippen molar-refractivity contribution in [2.24, 2.45) is 0 Å². The Bertz CT molecular complexity index is 524. The lowest BCUT2D eigenvalue weighted by molar-refractivity contribution is 0.467. The average Bonchev–Trinajstić information content (AvgIpc) is 2.23. The van der Waals surface area contributed by atoms with Gasteiger partial charge in [0, 0.05) is 0 Å². The second-order valence-corrected chi connectivity index (χ2v) is 4.69. The zero-order valence-electron chi connectivity index (χ0n) is 10.8. The van der Waals surface area contributed by atoms with E-state index in [1.807, 2.05) is 26.0 Å². The summed E-state index contributed by atoms with van der Waals surface area (Å²) in [6, 6.07) is 11.6. The van der Waals surface area contributed by atoms with Gasteiger partial charge >= 0.3 is 0 Å². The van der Waals surface area contributed by atoms with Crippen molar-refractivity contribution < 1.29 is 5.11 Å². The van der Waals surface area contributed by atoms with Gasteiger partial charge < -0.3 is 5.11 Å². The van der Waals surface area contributed by atoms with Crippen LogP contribution in [0.4, 0.5) is 0 Å². The topological polar surface area (TPSA) is 20.2 Å². The van der Waals surface area contributed by atoms with Crippen molar-refractivity contribution in [1.82, 2.24) is 0 Å². The molecule has 1 nitrogen and oxygen atoms in total. The highest BCUT2D eigenvalue weighted by Gasteiger charge is 2.06. The molecule has 1 heteroatoms. The van der Waals surface area contributed by atoms with Gasteiger partial charge in [-0.2, -0.15) is 0 Å². The van der Waals surface area contributed by atoms with Gasteiger partial charge in [0.25, 0.3) is 0 Å². The summed E-state index contributed by atoms with van der Waals surface area (Å²) in [5, 5.41) is 9.78. The molecule has 1 radical (unpaired) electrons. The van der Waals surface area contributed by atoms with E-state index >= 15 is 0 Å². The highest BCUT2D eigenvalue weighted by atomic mass is 16.3. The zero-order valence-corrected chi connectivity index (χ0v) is 10.8. The van der Waals surface area contributed by atoms with Gasteiger partial charge in [-0.25, -0.2) is 0 Å². The molecule has 0 aromatic heterocycles. The van der Waals surface area contributed by atoms with Gasteiger partial charge in [0.15, 0.2) is 0 Å². The van der Waals surface area contributed by atoms with E-state index < -0.39 is 0 Å². The first-order valence-corrected chi connectivity index (χ1v) is 5.78. The molecule has 0 aliphatic rings. The van der Waals surface area contributed by atoms with Gasteiger partial charge in [-0.05, 0) is 79.3 Å². The molecule has 0 spiro atoms. The van der Waals surface area contributed by atoms with Crippen molar-refractivity contribution in [1.29, 1.82) is 0 Å². The van der Waals surface area contributed by atoms with Crippen LogP contribution in [0.25, 0.3) is 11.1 Å². The molecule has 0 unspecified atom stereocenters. The van der Waals surface area contributed by atoms with Gasteiger partial charge in [-0.1, -0.05) is 12.1 Å². The minimum atomic E-state index is 0.393. The van der Waals surface area contributed by atoms with Crippen molar-refractivity contribution in [2.75, 3.05) is 0 Å². The second kappa shape index (κ2) is 4.25. The first-order valence-electron chi connectivity index (χ1n) is 5.78. The van der Waals surface area contributed by atoms with Crippen molar-refractivity contribution in [3.63, 3.8) is 0 Å². The SMILES string of the molecule is Cc1[c]c(C)cc(-c2cc(C)c(O)c(C)c2)c1. The van der Waals surface area contributed by atoms with Crippen molar-refractivity contribution >= 4 is 0 Å². The van der Waals surface area contributed by atoms with Crippen LogP contribution < -0.4 is 0 Å². The van der Waals surface area contributed by atoms with Crippen LogP contribution in [-0.4, -0.2) is 5.11 Å². The smallest absolute Gasteiger partial charge is 0.121 e. The Morgan fingerprint density at radius 3 is 1.65 bits per heavy atom. The highest BCUT2D eigenvalue weighted by molar-refractivity contribution is 5.68. The van der Waals surface area contributed by atoms with Crippen molar-refractivity contribution in [2.45, 2.75) is 27.7 Å². The standard InChI is InChI=1S/C16H17O/c1-10-5-11(2)7-14(6-10)15-8-12(3)16(17)13(4)9-15/h6-9,17H,1-4H3. The summed E-state index contributed by atoms with van der Waals surface area (Å²) >= 11 is 0. The van der Waals surface area contributed by atoms with E-state index in [1.54, 1.807) is 0 Å². The maximum atomic E-state index is 9.78. The fourth-order valence-electron chi connectivity index (χ4n) is 2.18. The monoisotopic (exact) mass is 225 g/mol. The summed E-state index contributed by atoms with van der Waals surface area (Å²) < 4.78 is 0. The van der Waals surface area contributed by atoms with Gasteiger partial charge in [0.2, 0.25) is 0 Å². The van der Waals surface area contributed by atoms with Crippen LogP contribution in [-0.2, 0) is 0 Å². The predicted molar refractivity (Wildman–Crippen MR) is 71.3 cm³/mol. The first kappa shape index (κ1) is 11.7. The minimum Gasteiger partial charge on any atom is -0.507 e. The predicted octanol–water partition coefficient (Wildman–Crippen LogP) is 4.09. The summed E-state index contributed by atoms with van der Waals surface area (Å²) in [6.45, 7) is 7.97. The third-order valence-electron chi connectivity index (χ3n) is 2.96. The summed E-state index contributed by atoms with van der Waals surface area (Å²) in [5.74, 6) is 0.393. The lowest BCUT2D eigenvalue weighted by Gasteiger charge is -2.09. The van der Waals surface area contributed by atoms with E-state index in [-0.39, 0.29) is 0 Å². The Kier molecular flexibility index (Phi) is 2.93. The normalized spacial score (nSPS) is 10.6. The van der Waals surface area contributed by atoms with Crippen LogP contribution in [0.3, 0.4) is 0 Å². The Morgan fingerprint density at radius 1 is 0.765 bits per heavy atom. The fourth-order valence-corrected chi connectivity index (χ4v) is 2.18. The lowest BCUT2D eigenvalue weighted by Crippen LogP contribution is -1.87. The third-order valence-corrected chi connectivity index (χ3v) is 2.96. The second-order valence-electron chi connectivity index (χ2n) is 4.69. The van der Waals surface area contributed by atoms with Crippen LogP contribution in [0.15, 0.2) is 24.3 Å². The minimum absolute atomic E-state index is 0.393. The molecule has 0 amide bonds. The van der Waals surface area contributed by atoms with E-state index in [2.05, 4.69) is 32.0 Å². The number of benzene rings is 2. The average molecular weight is 225 g/mol. The quantitative estimate of drug-likeness (QED) is 0.775. The molecular weight excluding hydrogens is 208 g/mol. The number of hydrogen-bond acceptors (Lipinski definition) is 1. The highest BCUT2D eigenvalue weighted by Crippen LogP contribution is 2.29. The van der Waals surface area contributed by atoms with Crippen molar-refractivity contribution in [3.8, 4) is 16.9 Å². The van der Waals surface area contributed by atoms with E-state index in [1.165, 1.54) is 5.56 Å². The summed E-state index contributed by atoms with van der Waals surface area (Å²) in [5.41, 5.74) is 6.46. The van der Waals surface area contributed by atoms with Gasteiger partial charge in [-0.3, -0.25) is 0 Å². The van der Waals surface area contributed by atoms with Gasteiger partial charge in [0.05, 0.1) is 0 Å². The molecule has 0 aliphatic heterocycles. The molecule has 1 N–H and O–H groups in total. The number of aromatic hydroxyl groups is 1. The molecule has 0 saturated carbocycles. The molecule has 0 atom stereocenters. The Balaban J connectivity index is 2.60. The van der Waals surface area contributed by atoms with E-state index in [9.17, 15) is 5.11 Å². The van der Waals surface area contributed by atoms with Crippen LogP contribution in [0.1, 0.15) is 22.3 Å². The maximum absolute atomic E-state index is 9.78. The molecule has 2 aromatic carbocycles. The van der Waals surface area contributed by atoms with Crippen LogP contribution >= 0.6 is 0 Å². The third kappa shape index (κ3) is 2.33. The zero-order chi connectivity index (χ0) is 12.6. The summed E-state index contributed by atoms with van der Waals surface area (Å²) in [4.78, 5) is 0. The summed E-state index contributed by atoms with van der Waals surface area (Å²) in [7, 11) is 0. The van der Waals surface area contributed by atoms with Crippen LogP contribution in [0.2, 0.25) is 0 Å². The summed E-state index contributed by atoms with van der Waals surface area (Å²) in [6.07, 6.45) is 0. The molecule has 0 fully saturated rings. The fraction of sp³-hybridized carbons (Fsp3) is 0.250. The molecule has 87 valence electrons. The van der Waals surface area contributed by atoms with Gasteiger partial charge in [-0.15, -0.1) is 0 Å². The molecule has 2 aromatic rings. The Morgan fingerprint density at radius 2 is 1.18 bits per heavy atom. The Labute approximate surface area is 103 Å². The van der Waals surface area contributed by atoms with Gasteiger partial charge in [0.1, 0.15) is 5.75 Å². The lowest BCUT2D eigenvalue weighted by atomic mass is 9.97. The molecular formula is C16H17O. The molecule has 0 heterocycles. The largest absolute Gasteiger partial charge is 0.507 e. The van der Waals surface area contributed by atoms with E-state index in [4.69, 9.17) is 0 Å². The van der Waals surface area contributed by atoms with Crippen LogP contribution in [0.5, 0.6) is 5.75 Å². The number of rotatable bonds is 1. The van der Waals surface area contributed by atoms with E-state index in [0.717, 1.165) is 27.8 Å². The number of phenolic OH excluding ortho intramolecular Hbond substituents is 1. The Hall–Kier alpha value is -1.76. The molecule has 17 heavy (non-hydrogen) atoms. The van der Waals surface area contributed by atoms with Crippen LogP contribution in [0, 0.1) is 33.8 Å². The molecule has 2 rings (SSSR count). The maximum Gasteiger partial charge on any atom is 0.121 e. The first-order chi connectivity index (χ1) is 7.97. The molecule has 0 bridgehead atoms.